The lowest BCUT2D eigenvalue weighted by atomic mass is 10.0. The molecule has 2 atom stereocenters. The smallest absolute Gasteiger partial charge is 0.311 e. The number of likely N-dealkylation sites (N-methyl/N-ethyl adjacent to an activating group) is 1. The number of aliphatic carboxylic acids is 1. The Morgan fingerprint density at radius 1 is 1.61 bits per heavy atom. The molecule has 0 aliphatic carbocycles. The molecule has 7 heteroatoms. The fourth-order valence-electron chi connectivity index (χ4n) is 2.15. The monoisotopic (exact) mass is 253 g/mol. The number of aromatic amines is 1. The van der Waals surface area contributed by atoms with Gasteiger partial charge in [0, 0.05) is 12.7 Å². The molecule has 1 saturated heterocycles. The van der Waals surface area contributed by atoms with Gasteiger partial charge in [-0.25, -0.2) is 0 Å². The van der Waals surface area contributed by atoms with Crippen molar-refractivity contribution in [3.63, 3.8) is 0 Å². The zero-order chi connectivity index (χ0) is 13.1. The predicted molar refractivity (Wildman–Crippen MR) is 61.0 cm³/mol. The van der Waals surface area contributed by atoms with Gasteiger partial charge in [-0.3, -0.25) is 14.7 Å². The minimum atomic E-state index is -0.934. The van der Waals surface area contributed by atoms with Gasteiger partial charge >= 0.3 is 5.97 Å². The number of carboxylic acids is 1. The number of hydrogen-bond donors (Lipinski definition) is 2. The molecule has 2 heterocycles. The second-order valence-electron chi connectivity index (χ2n) is 4.13. The van der Waals surface area contributed by atoms with Gasteiger partial charge in [-0.05, 0) is 6.92 Å². The largest absolute Gasteiger partial charge is 0.481 e. The summed E-state index contributed by atoms with van der Waals surface area (Å²) < 4.78 is 5.18. The van der Waals surface area contributed by atoms with Crippen molar-refractivity contribution in [3.05, 3.63) is 18.0 Å². The van der Waals surface area contributed by atoms with Gasteiger partial charge in [-0.2, -0.15) is 5.10 Å². The minimum Gasteiger partial charge on any atom is -0.481 e. The second-order valence-corrected chi connectivity index (χ2v) is 4.13. The first-order valence-corrected chi connectivity index (χ1v) is 5.75. The van der Waals surface area contributed by atoms with Crippen LogP contribution in [0.15, 0.2) is 12.4 Å². The molecule has 1 aliphatic heterocycles. The van der Waals surface area contributed by atoms with Crippen molar-refractivity contribution in [1.82, 2.24) is 15.1 Å². The van der Waals surface area contributed by atoms with Gasteiger partial charge in [0.15, 0.2) is 0 Å². The summed E-state index contributed by atoms with van der Waals surface area (Å²) in [6, 6.07) is -0.421. The van der Waals surface area contributed by atoms with Crippen LogP contribution >= 0.6 is 0 Å². The third-order valence-electron chi connectivity index (χ3n) is 3.11. The van der Waals surface area contributed by atoms with E-state index in [9.17, 15) is 9.59 Å². The Hall–Kier alpha value is -1.89. The molecular weight excluding hydrogens is 238 g/mol. The number of nitrogens with one attached hydrogen (secondary N) is 1. The molecule has 0 aromatic carbocycles. The number of nitrogens with zero attached hydrogens (tertiary/aromatic N) is 2. The van der Waals surface area contributed by atoms with Crippen molar-refractivity contribution in [3.8, 4) is 0 Å². The van der Waals surface area contributed by atoms with Crippen LogP contribution in [0.3, 0.4) is 0 Å². The number of carboxylic acid groups (broad SMARTS) is 1. The van der Waals surface area contributed by atoms with Gasteiger partial charge in [0.25, 0.3) is 5.91 Å². The van der Waals surface area contributed by atoms with E-state index >= 15 is 0 Å². The molecule has 0 bridgehead atoms. The van der Waals surface area contributed by atoms with Crippen LogP contribution in [0.1, 0.15) is 17.3 Å². The summed E-state index contributed by atoms with van der Waals surface area (Å²) in [5, 5.41) is 15.4. The highest BCUT2D eigenvalue weighted by molar-refractivity contribution is 5.94. The van der Waals surface area contributed by atoms with Gasteiger partial charge in [0.2, 0.25) is 0 Å². The Morgan fingerprint density at radius 2 is 2.39 bits per heavy atom. The van der Waals surface area contributed by atoms with E-state index in [0.29, 0.717) is 12.1 Å². The second kappa shape index (κ2) is 5.18. The molecule has 7 nitrogen and oxygen atoms in total. The van der Waals surface area contributed by atoms with E-state index < -0.39 is 17.9 Å². The summed E-state index contributed by atoms with van der Waals surface area (Å²) in [4.78, 5) is 24.8. The first-order chi connectivity index (χ1) is 8.65. The Morgan fingerprint density at radius 3 is 2.94 bits per heavy atom. The van der Waals surface area contributed by atoms with Crippen LogP contribution in [0, 0.1) is 5.92 Å². The number of carbonyl (C=O) groups is 2. The number of ether oxygens (including phenoxy) is 1. The zero-order valence-corrected chi connectivity index (χ0v) is 10.00. The molecule has 0 saturated carbocycles. The molecule has 2 rings (SSSR count). The van der Waals surface area contributed by atoms with Crippen LogP contribution in [0.25, 0.3) is 0 Å². The molecule has 2 unspecified atom stereocenters. The summed E-state index contributed by atoms with van der Waals surface area (Å²) in [5.74, 6) is -1.83. The van der Waals surface area contributed by atoms with E-state index in [1.54, 1.807) is 0 Å². The Kier molecular flexibility index (Phi) is 3.61. The maximum atomic E-state index is 12.2. The van der Waals surface area contributed by atoms with Crippen LogP contribution in [0.5, 0.6) is 0 Å². The summed E-state index contributed by atoms with van der Waals surface area (Å²) in [6.45, 7) is 2.65. The molecule has 1 aromatic heterocycles. The average molecular weight is 253 g/mol. The zero-order valence-electron chi connectivity index (χ0n) is 10.00. The third kappa shape index (κ3) is 2.21. The number of aromatic nitrogens is 2. The van der Waals surface area contributed by atoms with Gasteiger partial charge < -0.3 is 14.7 Å². The first-order valence-electron chi connectivity index (χ1n) is 5.75. The quantitative estimate of drug-likeness (QED) is 0.785. The van der Waals surface area contributed by atoms with Crippen LogP contribution in [-0.2, 0) is 9.53 Å². The predicted octanol–water partition coefficient (Wildman–Crippen LogP) is -0.0286. The summed E-state index contributed by atoms with van der Waals surface area (Å²) in [5.41, 5.74) is 0.424. The van der Waals surface area contributed by atoms with E-state index in [1.165, 1.54) is 17.3 Å². The fraction of sp³-hybridized carbons (Fsp3) is 0.545. The molecule has 2 N–H and O–H groups in total. The SMILES string of the molecule is CCN(C(=O)c1cn[nH]c1)C1COCC1C(=O)O. The molecule has 18 heavy (non-hydrogen) atoms. The van der Waals surface area contributed by atoms with E-state index in [2.05, 4.69) is 10.2 Å². The van der Waals surface area contributed by atoms with Gasteiger partial charge in [0.05, 0.1) is 31.0 Å². The van der Waals surface area contributed by atoms with Gasteiger partial charge in [-0.15, -0.1) is 0 Å². The van der Waals surface area contributed by atoms with Crippen LogP contribution in [0.2, 0.25) is 0 Å². The topological polar surface area (TPSA) is 95.5 Å². The lowest BCUT2D eigenvalue weighted by molar-refractivity contribution is -0.142. The van der Waals surface area contributed by atoms with Gasteiger partial charge in [0.1, 0.15) is 5.92 Å². The Balaban J connectivity index is 2.18. The third-order valence-corrected chi connectivity index (χ3v) is 3.11. The number of hydrogen-bond acceptors (Lipinski definition) is 4. The lowest BCUT2D eigenvalue weighted by Gasteiger charge is -2.28. The van der Waals surface area contributed by atoms with Crippen LogP contribution in [-0.4, -0.2) is 57.9 Å². The Labute approximate surface area is 104 Å². The summed E-state index contributed by atoms with van der Waals surface area (Å²) >= 11 is 0. The Bertz CT molecular complexity index is 432. The lowest BCUT2D eigenvalue weighted by Crippen LogP contribution is -2.46. The minimum absolute atomic E-state index is 0.148. The fourth-order valence-corrected chi connectivity index (χ4v) is 2.15. The van der Waals surface area contributed by atoms with Crippen LogP contribution in [0.4, 0.5) is 0 Å². The van der Waals surface area contributed by atoms with E-state index in [4.69, 9.17) is 9.84 Å². The molecule has 1 aliphatic rings. The molecule has 98 valence electrons. The highest BCUT2D eigenvalue weighted by Crippen LogP contribution is 2.21. The summed E-state index contributed by atoms with van der Waals surface area (Å²) in [7, 11) is 0. The normalized spacial score (nSPS) is 22.9. The maximum Gasteiger partial charge on any atom is 0.311 e. The van der Waals surface area contributed by atoms with E-state index in [0.717, 1.165) is 0 Å². The van der Waals surface area contributed by atoms with E-state index in [1.807, 2.05) is 6.92 Å². The van der Waals surface area contributed by atoms with Crippen molar-refractivity contribution in [2.75, 3.05) is 19.8 Å². The number of rotatable bonds is 4. The molecule has 1 aromatic rings. The molecule has 0 spiro atoms. The molecular formula is C11H15N3O4. The first kappa shape index (κ1) is 12.6. The molecule has 0 radical (unpaired) electrons. The number of amides is 1. The highest BCUT2D eigenvalue weighted by atomic mass is 16.5. The van der Waals surface area contributed by atoms with E-state index in [-0.39, 0.29) is 19.1 Å². The van der Waals surface area contributed by atoms with Crippen molar-refractivity contribution < 1.29 is 19.4 Å². The summed E-state index contributed by atoms with van der Waals surface area (Å²) in [6.07, 6.45) is 2.92. The van der Waals surface area contributed by atoms with Crippen LogP contribution < -0.4 is 0 Å². The standard InChI is InChI=1S/C11H15N3O4/c1-2-14(10(15)7-3-12-13-4-7)9-6-18-5-8(9)11(16)17/h3-4,8-9H,2,5-6H2,1H3,(H,12,13)(H,16,17). The van der Waals surface area contributed by atoms with Crippen molar-refractivity contribution in [1.29, 1.82) is 0 Å². The maximum absolute atomic E-state index is 12.2. The average Bonchev–Trinajstić information content (AvgIpc) is 3.00. The van der Waals surface area contributed by atoms with Gasteiger partial charge in [-0.1, -0.05) is 0 Å². The molecule has 1 fully saturated rings. The number of carbonyl (C=O) groups excluding carboxylic acids is 1. The number of H-pyrrole nitrogens is 1. The van der Waals surface area contributed by atoms with Crippen molar-refractivity contribution in [2.45, 2.75) is 13.0 Å². The molecule has 1 amide bonds. The van der Waals surface area contributed by atoms with Crippen molar-refractivity contribution >= 4 is 11.9 Å². The van der Waals surface area contributed by atoms with Crippen molar-refractivity contribution in [2.24, 2.45) is 5.92 Å². The highest BCUT2D eigenvalue weighted by Gasteiger charge is 2.39.